The normalized spacial score (nSPS) is 13.9. The van der Waals surface area contributed by atoms with Crippen molar-refractivity contribution in [2.45, 2.75) is 25.2 Å². The maximum Gasteiger partial charge on any atom is 0.230 e. The van der Waals surface area contributed by atoms with Gasteiger partial charge in [0.05, 0.1) is 18.3 Å². The SMILES string of the molecule is O=C(Cc1cnn(-c2cccc(Cl)n2)c1)Nc1cc(C2CC2)n[nH]1. The molecule has 24 heavy (non-hydrogen) atoms. The van der Waals surface area contributed by atoms with Gasteiger partial charge in [0.25, 0.3) is 0 Å². The van der Waals surface area contributed by atoms with Crippen LogP contribution in [0.4, 0.5) is 5.82 Å². The van der Waals surface area contributed by atoms with Crippen molar-refractivity contribution in [2.75, 3.05) is 5.32 Å². The molecule has 0 bridgehead atoms. The lowest BCUT2D eigenvalue weighted by molar-refractivity contribution is -0.115. The number of H-pyrrole nitrogens is 1. The number of halogens is 1. The summed E-state index contributed by atoms with van der Waals surface area (Å²) in [4.78, 5) is 16.3. The zero-order valence-corrected chi connectivity index (χ0v) is 13.5. The van der Waals surface area contributed by atoms with Crippen LogP contribution in [0.15, 0.2) is 36.7 Å². The van der Waals surface area contributed by atoms with Crippen molar-refractivity contribution in [1.29, 1.82) is 0 Å². The van der Waals surface area contributed by atoms with Crippen LogP contribution in [-0.4, -0.2) is 30.9 Å². The maximum atomic E-state index is 12.1. The van der Waals surface area contributed by atoms with E-state index in [1.165, 1.54) is 12.8 Å². The minimum Gasteiger partial charge on any atom is -0.311 e. The van der Waals surface area contributed by atoms with Crippen LogP contribution in [0, 0.1) is 0 Å². The molecule has 3 heterocycles. The monoisotopic (exact) mass is 342 g/mol. The van der Waals surface area contributed by atoms with Crippen molar-refractivity contribution in [3.05, 3.63) is 53.1 Å². The average Bonchev–Trinajstić information content (AvgIpc) is 3.13. The summed E-state index contributed by atoms with van der Waals surface area (Å²) in [5.41, 5.74) is 1.81. The van der Waals surface area contributed by atoms with Gasteiger partial charge in [-0.3, -0.25) is 9.89 Å². The van der Waals surface area contributed by atoms with Crippen LogP contribution in [-0.2, 0) is 11.2 Å². The zero-order chi connectivity index (χ0) is 16.5. The highest BCUT2D eigenvalue weighted by molar-refractivity contribution is 6.29. The highest BCUT2D eigenvalue weighted by Crippen LogP contribution is 2.39. The van der Waals surface area contributed by atoms with E-state index in [-0.39, 0.29) is 12.3 Å². The molecule has 0 spiro atoms. The van der Waals surface area contributed by atoms with E-state index in [1.54, 1.807) is 35.3 Å². The molecule has 0 saturated heterocycles. The van der Waals surface area contributed by atoms with Crippen LogP contribution in [0.25, 0.3) is 5.82 Å². The summed E-state index contributed by atoms with van der Waals surface area (Å²) >= 11 is 5.88. The first-order valence-corrected chi connectivity index (χ1v) is 8.07. The molecule has 7 nitrogen and oxygen atoms in total. The second kappa shape index (κ2) is 6.09. The summed E-state index contributed by atoms with van der Waals surface area (Å²) in [6, 6.07) is 7.19. The first-order chi connectivity index (χ1) is 11.7. The fourth-order valence-corrected chi connectivity index (χ4v) is 2.63. The Morgan fingerprint density at radius 3 is 3.08 bits per heavy atom. The fraction of sp³-hybridized carbons (Fsp3) is 0.250. The van der Waals surface area contributed by atoms with Crippen molar-refractivity contribution in [3.63, 3.8) is 0 Å². The first kappa shape index (κ1) is 14.9. The molecule has 8 heteroatoms. The Balaban J connectivity index is 1.40. The molecule has 0 aliphatic heterocycles. The van der Waals surface area contributed by atoms with E-state index < -0.39 is 0 Å². The highest BCUT2D eigenvalue weighted by atomic mass is 35.5. The Bertz CT molecular complexity index is 882. The number of anilines is 1. The van der Waals surface area contributed by atoms with Crippen LogP contribution in [0.3, 0.4) is 0 Å². The molecule has 3 aromatic heterocycles. The Kier molecular flexibility index (Phi) is 3.78. The van der Waals surface area contributed by atoms with Gasteiger partial charge in [-0.15, -0.1) is 0 Å². The standard InChI is InChI=1S/C16H15ClN6O/c17-13-2-1-3-15(19-13)23-9-10(8-18-23)6-16(24)20-14-7-12(21-22-14)11-4-5-11/h1-3,7-9,11H,4-6H2,(H2,20,21,22,24). The zero-order valence-electron chi connectivity index (χ0n) is 12.7. The van der Waals surface area contributed by atoms with Gasteiger partial charge in [0.2, 0.25) is 5.91 Å². The van der Waals surface area contributed by atoms with Gasteiger partial charge >= 0.3 is 0 Å². The number of hydrogen-bond acceptors (Lipinski definition) is 4. The lowest BCUT2D eigenvalue weighted by atomic mass is 10.2. The minimum atomic E-state index is -0.125. The molecule has 1 aliphatic carbocycles. The topological polar surface area (TPSA) is 88.5 Å². The number of carbonyl (C=O) groups is 1. The number of hydrogen-bond donors (Lipinski definition) is 2. The number of pyridine rings is 1. The number of rotatable bonds is 5. The lowest BCUT2D eigenvalue weighted by Gasteiger charge is -2.01. The van der Waals surface area contributed by atoms with Crippen LogP contribution in [0.2, 0.25) is 5.15 Å². The maximum absolute atomic E-state index is 12.1. The molecular weight excluding hydrogens is 328 g/mol. The summed E-state index contributed by atoms with van der Waals surface area (Å²) < 4.78 is 1.59. The first-order valence-electron chi connectivity index (χ1n) is 7.69. The van der Waals surface area contributed by atoms with Crippen LogP contribution >= 0.6 is 11.6 Å². The van der Waals surface area contributed by atoms with Crippen LogP contribution in [0.5, 0.6) is 0 Å². The second-order valence-corrected chi connectivity index (χ2v) is 6.20. The number of nitrogens with zero attached hydrogens (tertiary/aromatic N) is 4. The number of aromatic amines is 1. The smallest absolute Gasteiger partial charge is 0.230 e. The molecule has 0 unspecified atom stereocenters. The summed E-state index contributed by atoms with van der Waals surface area (Å²) in [5, 5.41) is 14.5. The molecule has 0 aromatic carbocycles. The molecule has 1 amide bonds. The van der Waals surface area contributed by atoms with Gasteiger partial charge in [0, 0.05) is 18.2 Å². The van der Waals surface area contributed by atoms with E-state index >= 15 is 0 Å². The van der Waals surface area contributed by atoms with Crippen molar-refractivity contribution < 1.29 is 4.79 Å². The van der Waals surface area contributed by atoms with Gasteiger partial charge in [-0.05, 0) is 30.5 Å². The predicted molar refractivity (Wildman–Crippen MR) is 89.3 cm³/mol. The van der Waals surface area contributed by atoms with E-state index in [4.69, 9.17) is 11.6 Å². The van der Waals surface area contributed by atoms with E-state index in [0.29, 0.717) is 22.7 Å². The lowest BCUT2D eigenvalue weighted by Crippen LogP contribution is -2.14. The van der Waals surface area contributed by atoms with E-state index in [0.717, 1.165) is 11.3 Å². The number of amides is 1. The summed E-state index contributed by atoms with van der Waals surface area (Å²) in [6.45, 7) is 0. The summed E-state index contributed by atoms with van der Waals surface area (Å²) in [7, 11) is 0. The quantitative estimate of drug-likeness (QED) is 0.698. The molecule has 1 fully saturated rings. The molecule has 2 N–H and O–H groups in total. The average molecular weight is 343 g/mol. The Morgan fingerprint density at radius 2 is 2.29 bits per heavy atom. The number of nitrogens with one attached hydrogen (secondary N) is 2. The number of aromatic nitrogens is 5. The summed E-state index contributed by atoms with van der Waals surface area (Å²) in [6.07, 6.45) is 5.98. The van der Waals surface area contributed by atoms with E-state index in [9.17, 15) is 4.79 Å². The van der Waals surface area contributed by atoms with Gasteiger partial charge in [-0.2, -0.15) is 10.2 Å². The number of carbonyl (C=O) groups excluding carboxylic acids is 1. The Labute approximate surface area is 143 Å². The van der Waals surface area contributed by atoms with Crippen molar-refractivity contribution in [3.8, 4) is 5.82 Å². The van der Waals surface area contributed by atoms with E-state index in [1.807, 2.05) is 6.07 Å². The van der Waals surface area contributed by atoms with Gasteiger partial charge in [0.1, 0.15) is 11.0 Å². The van der Waals surface area contributed by atoms with Crippen LogP contribution < -0.4 is 5.32 Å². The summed E-state index contributed by atoms with van der Waals surface area (Å²) in [5.74, 6) is 1.66. The van der Waals surface area contributed by atoms with Crippen molar-refractivity contribution in [1.82, 2.24) is 25.0 Å². The molecule has 122 valence electrons. The Morgan fingerprint density at radius 1 is 1.42 bits per heavy atom. The molecule has 1 aliphatic rings. The molecule has 0 atom stereocenters. The Hall–Kier alpha value is -2.67. The van der Waals surface area contributed by atoms with Gasteiger partial charge < -0.3 is 5.32 Å². The van der Waals surface area contributed by atoms with E-state index in [2.05, 4.69) is 25.6 Å². The second-order valence-electron chi connectivity index (χ2n) is 5.82. The van der Waals surface area contributed by atoms with Gasteiger partial charge in [-0.1, -0.05) is 17.7 Å². The van der Waals surface area contributed by atoms with Crippen molar-refractivity contribution in [2.24, 2.45) is 0 Å². The molecule has 3 aromatic rings. The third-order valence-corrected chi connectivity index (χ3v) is 4.01. The molecule has 1 saturated carbocycles. The van der Waals surface area contributed by atoms with Gasteiger partial charge in [0.15, 0.2) is 5.82 Å². The van der Waals surface area contributed by atoms with Crippen LogP contribution in [0.1, 0.15) is 30.0 Å². The third-order valence-electron chi connectivity index (χ3n) is 3.80. The largest absolute Gasteiger partial charge is 0.311 e. The molecule has 4 rings (SSSR count). The molecule has 0 radical (unpaired) electrons. The third kappa shape index (κ3) is 3.30. The predicted octanol–water partition coefficient (Wildman–Crippen LogP) is 2.70. The minimum absolute atomic E-state index is 0.125. The molecular formula is C16H15ClN6O. The van der Waals surface area contributed by atoms with Crippen molar-refractivity contribution >= 4 is 23.3 Å². The van der Waals surface area contributed by atoms with Gasteiger partial charge in [-0.25, -0.2) is 9.67 Å². The highest BCUT2D eigenvalue weighted by Gasteiger charge is 2.26. The fourth-order valence-electron chi connectivity index (χ4n) is 2.47.